The molecule has 2 heterocycles. The van der Waals surface area contributed by atoms with Gasteiger partial charge in [-0.25, -0.2) is 9.78 Å². The number of nitrogens with zero attached hydrogens (tertiary/aromatic N) is 2. The summed E-state index contributed by atoms with van der Waals surface area (Å²) in [6.45, 7) is 6.92. The molecule has 1 aliphatic heterocycles. The molecule has 0 aliphatic carbocycles. The molecule has 7 heteroatoms. The number of aromatic nitrogens is 1. The van der Waals surface area contributed by atoms with Gasteiger partial charge in [0, 0.05) is 31.6 Å². The maximum Gasteiger partial charge on any atom is 0.410 e. The number of hydrogen-bond donors (Lipinski definition) is 1. The third-order valence-corrected chi connectivity index (χ3v) is 5.87. The molecule has 0 radical (unpaired) electrons. The minimum absolute atomic E-state index is 0.0887. The van der Waals surface area contributed by atoms with E-state index in [4.69, 9.17) is 14.1 Å². The molecule has 1 fully saturated rings. The molecule has 0 unspecified atom stereocenters. The molecule has 1 aliphatic rings. The lowest BCUT2D eigenvalue weighted by molar-refractivity contribution is 0.0681. The van der Waals surface area contributed by atoms with Crippen molar-refractivity contribution in [2.45, 2.75) is 45.6 Å². The number of likely N-dealkylation sites (tertiary alicyclic amines) is 1. The first-order valence-electron chi connectivity index (χ1n) is 11.0. The minimum atomic E-state index is -0.251. The number of hydrogen-bond acceptors (Lipinski definition) is 5. The fourth-order valence-electron chi connectivity index (χ4n) is 4.12. The number of oxazole rings is 1. The lowest BCUT2D eigenvalue weighted by Gasteiger charge is -2.30. The molecule has 0 spiro atoms. The second-order valence-corrected chi connectivity index (χ2v) is 8.54. The molecule has 1 N–H and O–H groups in total. The van der Waals surface area contributed by atoms with E-state index in [9.17, 15) is 9.59 Å². The van der Waals surface area contributed by atoms with E-state index in [0.717, 1.165) is 46.5 Å². The summed E-state index contributed by atoms with van der Waals surface area (Å²) in [5.74, 6) is 0.817. The van der Waals surface area contributed by atoms with Crippen LogP contribution < -0.4 is 5.32 Å². The third-order valence-electron chi connectivity index (χ3n) is 5.87. The van der Waals surface area contributed by atoms with Crippen molar-refractivity contribution < 1.29 is 18.7 Å². The number of amides is 2. The fourth-order valence-corrected chi connectivity index (χ4v) is 4.12. The maximum atomic E-state index is 12.1. The summed E-state index contributed by atoms with van der Waals surface area (Å²) < 4.78 is 11.3. The number of ether oxygens (including phenoxy) is 1. The van der Waals surface area contributed by atoms with E-state index in [1.807, 2.05) is 57.2 Å². The van der Waals surface area contributed by atoms with Crippen LogP contribution in [0.4, 0.5) is 4.79 Å². The Morgan fingerprint density at radius 2 is 1.81 bits per heavy atom. The first kappa shape index (κ1) is 21.9. The van der Waals surface area contributed by atoms with Crippen molar-refractivity contribution in [3.8, 4) is 11.1 Å². The number of fused-ring (bicyclic) bond motifs is 1. The van der Waals surface area contributed by atoms with Gasteiger partial charge in [0.05, 0.1) is 6.10 Å². The van der Waals surface area contributed by atoms with Gasteiger partial charge in [-0.15, -0.1) is 0 Å². The molecule has 0 atom stereocenters. The molecule has 168 valence electrons. The largest absolute Gasteiger partial charge is 0.447 e. The summed E-state index contributed by atoms with van der Waals surface area (Å²) >= 11 is 0. The van der Waals surface area contributed by atoms with Crippen LogP contribution in [0.25, 0.3) is 22.2 Å². The van der Waals surface area contributed by atoms with Crippen LogP contribution in [0.5, 0.6) is 0 Å². The number of benzene rings is 2. The van der Waals surface area contributed by atoms with E-state index in [1.165, 1.54) is 0 Å². The van der Waals surface area contributed by atoms with Gasteiger partial charge in [-0.05, 0) is 68.5 Å². The average molecular weight is 436 g/mol. The molecule has 2 aromatic carbocycles. The molecule has 7 nitrogen and oxygen atoms in total. The van der Waals surface area contributed by atoms with Crippen LogP contribution >= 0.6 is 0 Å². The third kappa shape index (κ3) is 4.47. The molecule has 0 saturated carbocycles. The molecular weight excluding hydrogens is 406 g/mol. The van der Waals surface area contributed by atoms with Gasteiger partial charge in [0.25, 0.3) is 5.91 Å². The quantitative estimate of drug-likeness (QED) is 0.631. The molecule has 1 aromatic heterocycles. The summed E-state index contributed by atoms with van der Waals surface area (Å²) in [5.41, 5.74) is 5.21. The van der Waals surface area contributed by atoms with Gasteiger partial charge in [-0.1, -0.05) is 18.2 Å². The maximum absolute atomic E-state index is 12.1. The van der Waals surface area contributed by atoms with Crippen LogP contribution in [0, 0.1) is 6.92 Å². The number of carbonyl (C=O) groups is 2. The highest BCUT2D eigenvalue weighted by Crippen LogP contribution is 2.32. The van der Waals surface area contributed by atoms with Crippen LogP contribution in [0.15, 0.2) is 40.8 Å². The summed E-state index contributed by atoms with van der Waals surface area (Å²) in [4.78, 5) is 30.6. The van der Waals surface area contributed by atoms with Crippen molar-refractivity contribution in [3.63, 3.8) is 0 Å². The summed E-state index contributed by atoms with van der Waals surface area (Å²) in [6, 6.07) is 11.8. The Labute approximate surface area is 187 Å². The Hall–Kier alpha value is -3.35. The van der Waals surface area contributed by atoms with Crippen LogP contribution in [-0.4, -0.2) is 48.1 Å². The van der Waals surface area contributed by atoms with E-state index in [-0.39, 0.29) is 24.0 Å². The number of aryl methyl sites for hydroxylation is 1. The number of rotatable bonds is 4. The van der Waals surface area contributed by atoms with Crippen molar-refractivity contribution in [2.75, 3.05) is 20.1 Å². The predicted octanol–water partition coefficient (Wildman–Crippen LogP) is 4.89. The van der Waals surface area contributed by atoms with Crippen molar-refractivity contribution in [3.05, 3.63) is 53.4 Å². The second kappa shape index (κ2) is 9.02. The lowest BCUT2D eigenvalue weighted by Crippen LogP contribution is -2.39. The SMILES string of the molecule is CNC(=O)c1ccc(-c2ccc3oc(C4CCN(C(=O)OC(C)C)CC4)nc3c2)cc1C. The van der Waals surface area contributed by atoms with Crippen molar-refractivity contribution in [1.29, 1.82) is 0 Å². The molecular formula is C25H29N3O4. The molecule has 1 saturated heterocycles. The topological polar surface area (TPSA) is 84.7 Å². The van der Waals surface area contributed by atoms with Crippen LogP contribution in [-0.2, 0) is 4.74 Å². The normalized spacial score (nSPS) is 14.7. The van der Waals surface area contributed by atoms with Crippen molar-refractivity contribution in [2.24, 2.45) is 0 Å². The summed E-state index contributed by atoms with van der Waals surface area (Å²) in [5, 5.41) is 2.67. The fraction of sp³-hybridized carbons (Fsp3) is 0.400. The average Bonchev–Trinajstić information content (AvgIpc) is 3.21. The Kier molecular flexibility index (Phi) is 6.17. The van der Waals surface area contributed by atoms with Gasteiger partial charge in [-0.2, -0.15) is 0 Å². The highest BCUT2D eigenvalue weighted by Gasteiger charge is 2.28. The highest BCUT2D eigenvalue weighted by atomic mass is 16.6. The van der Waals surface area contributed by atoms with Gasteiger partial charge in [0.2, 0.25) is 0 Å². The smallest absolute Gasteiger partial charge is 0.410 e. The van der Waals surface area contributed by atoms with Gasteiger partial charge in [-0.3, -0.25) is 4.79 Å². The van der Waals surface area contributed by atoms with Gasteiger partial charge in [0.15, 0.2) is 11.5 Å². The standard InChI is InChI=1S/C25H29N3O4/c1-15(2)31-25(30)28-11-9-17(10-12-28)24-27-21-14-19(6-8-22(21)32-24)18-5-7-20(16(3)13-18)23(29)26-4/h5-8,13-15,17H,9-12H2,1-4H3,(H,26,29). The molecule has 3 aromatic rings. The van der Waals surface area contributed by atoms with E-state index in [2.05, 4.69) is 5.32 Å². The lowest BCUT2D eigenvalue weighted by atomic mass is 9.97. The van der Waals surface area contributed by atoms with Crippen molar-refractivity contribution in [1.82, 2.24) is 15.2 Å². The van der Waals surface area contributed by atoms with Gasteiger partial charge < -0.3 is 19.4 Å². The first-order chi connectivity index (χ1) is 15.4. The van der Waals surface area contributed by atoms with Crippen LogP contribution in [0.1, 0.15) is 54.4 Å². The van der Waals surface area contributed by atoms with Crippen LogP contribution in [0.2, 0.25) is 0 Å². The zero-order chi connectivity index (χ0) is 22.8. The zero-order valence-corrected chi connectivity index (χ0v) is 19.0. The van der Waals surface area contributed by atoms with E-state index in [0.29, 0.717) is 18.7 Å². The van der Waals surface area contributed by atoms with Crippen LogP contribution in [0.3, 0.4) is 0 Å². The Morgan fingerprint density at radius 1 is 1.12 bits per heavy atom. The van der Waals surface area contributed by atoms with Gasteiger partial charge >= 0.3 is 6.09 Å². The van der Waals surface area contributed by atoms with Gasteiger partial charge in [0.1, 0.15) is 5.52 Å². The summed E-state index contributed by atoms with van der Waals surface area (Å²) in [7, 11) is 1.63. The molecule has 2 amide bonds. The van der Waals surface area contributed by atoms with E-state index >= 15 is 0 Å². The number of carbonyl (C=O) groups excluding carboxylic acids is 2. The summed E-state index contributed by atoms with van der Waals surface area (Å²) in [6.07, 6.45) is 1.23. The monoisotopic (exact) mass is 435 g/mol. The number of piperidine rings is 1. The van der Waals surface area contributed by atoms with E-state index in [1.54, 1.807) is 11.9 Å². The van der Waals surface area contributed by atoms with Crippen molar-refractivity contribution >= 4 is 23.1 Å². The van der Waals surface area contributed by atoms with E-state index < -0.39 is 0 Å². The Bertz CT molecular complexity index is 1140. The molecule has 4 rings (SSSR count). The Balaban J connectivity index is 1.50. The first-order valence-corrected chi connectivity index (χ1v) is 11.0. The number of nitrogens with one attached hydrogen (secondary N) is 1. The Morgan fingerprint density at radius 3 is 2.47 bits per heavy atom. The highest BCUT2D eigenvalue weighted by molar-refractivity contribution is 5.96. The molecule has 0 bridgehead atoms. The second-order valence-electron chi connectivity index (χ2n) is 8.54. The minimum Gasteiger partial charge on any atom is -0.447 e. The predicted molar refractivity (Wildman–Crippen MR) is 123 cm³/mol. The zero-order valence-electron chi connectivity index (χ0n) is 19.0. The molecule has 32 heavy (non-hydrogen) atoms.